The molecule has 17 heavy (non-hydrogen) atoms. The Morgan fingerprint density at radius 1 is 1.18 bits per heavy atom. The Hall–Kier alpha value is -1.65. The summed E-state index contributed by atoms with van der Waals surface area (Å²) in [5.41, 5.74) is 2.48. The van der Waals surface area contributed by atoms with E-state index in [-0.39, 0.29) is 0 Å². The van der Waals surface area contributed by atoms with Gasteiger partial charge in [-0.25, -0.2) is 0 Å². The fraction of sp³-hybridized carbons (Fsp3) is 0.154. The van der Waals surface area contributed by atoms with Gasteiger partial charge in [0.15, 0.2) is 0 Å². The minimum Gasteiger partial charge on any atom is -0.423 e. The Kier molecular flexibility index (Phi) is 3.91. The van der Waals surface area contributed by atoms with Gasteiger partial charge in [0, 0.05) is 12.8 Å². The SMILES string of the molecule is CCOB(O)c1ccccc1-c1ccccn1. The van der Waals surface area contributed by atoms with E-state index >= 15 is 0 Å². The lowest BCUT2D eigenvalue weighted by Crippen LogP contribution is -2.35. The number of benzene rings is 1. The molecule has 0 atom stereocenters. The molecule has 0 saturated carbocycles. The maximum atomic E-state index is 9.91. The molecule has 2 rings (SSSR count). The molecule has 1 aromatic heterocycles. The van der Waals surface area contributed by atoms with Crippen molar-refractivity contribution in [2.24, 2.45) is 0 Å². The zero-order chi connectivity index (χ0) is 12.1. The van der Waals surface area contributed by atoms with Gasteiger partial charge in [0.05, 0.1) is 5.69 Å². The third-order valence-corrected chi connectivity index (χ3v) is 2.49. The van der Waals surface area contributed by atoms with E-state index in [0.29, 0.717) is 6.61 Å². The van der Waals surface area contributed by atoms with Gasteiger partial charge < -0.3 is 9.68 Å². The summed E-state index contributed by atoms with van der Waals surface area (Å²) in [5, 5.41) is 9.91. The number of aromatic nitrogens is 1. The highest BCUT2D eigenvalue weighted by Gasteiger charge is 2.20. The summed E-state index contributed by atoms with van der Waals surface area (Å²) < 4.78 is 5.22. The molecule has 0 amide bonds. The van der Waals surface area contributed by atoms with Gasteiger partial charge >= 0.3 is 7.12 Å². The summed E-state index contributed by atoms with van der Waals surface area (Å²) in [7, 11) is -0.904. The first-order chi connectivity index (χ1) is 8.33. The van der Waals surface area contributed by atoms with Crippen LogP contribution in [0.25, 0.3) is 11.3 Å². The largest absolute Gasteiger partial charge is 0.491 e. The van der Waals surface area contributed by atoms with Crippen LogP contribution >= 0.6 is 0 Å². The first-order valence-electron chi connectivity index (χ1n) is 5.63. The quantitative estimate of drug-likeness (QED) is 0.804. The van der Waals surface area contributed by atoms with E-state index in [1.807, 2.05) is 49.4 Å². The van der Waals surface area contributed by atoms with E-state index in [2.05, 4.69) is 4.98 Å². The lowest BCUT2D eigenvalue weighted by Gasteiger charge is -2.11. The fourth-order valence-corrected chi connectivity index (χ4v) is 1.72. The van der Waals surface area contributed by atoms with Crippen LogP contribution in [0, 0.1) is 0 Å². The van der Waals surface area contributed by atoms with Gasteiger partial charge in [0.1, 0.15) is 0 Å². The average molecular weight is 227 g/mol. The number of pyridine rings is 1. The maximum absolute atomic E-state index is 9.91. The standard InChI is InChI=1S/C13H14BNO2/c1-2-17-14(16)12-8-4-3-7-11(12)13-9-5-6-10-15-13/h3-10,16H,2H2,1H3. The minimum atomic E-state index is -0.904. The molecule has 0 aliphatic rings. The number of nitrogens with zero attached hydrogens (tertiary/aromatic N) is 1. The van der Waals surface area contributed by atoms with E-state index in [0.717, 1.165) is 16.7 Å². The van der Waals surface area contributed by atoms with Gasteiger partial charge in [-0.3, -0.25) is 4.98 Å². The summed E-state index contributed by atoms with van der Waals surface area (Å²) in [6.45, 7) is 2.32. The third kappa shape index (κ3) is 2.73. The van der Waals surface area contributed by atoms with Gasteiger partial charge in [-0.2, -0.15) is 0 Å². The van der Waals surface area contributed by atoms with Crippen molar-refractivity contribution in [2.45, 2.75) is 6.92 Å². The molecular formula is C13H14BNO2. The molecule has 2 aromatic rings. The van der Waals surface area contributed by atoms with Gasteiger partial charge in [-0.05, 0) is 30.1 Å². The predicted molar refractivity (Wildman–Crippen MR) is 68.9 cm³/mol. The molecule has 0 bridgehead atoms. The molecule has 0 spiro atoms. The summed E-state index contributed by atoms with van der Waals surface area (Å²) in [5.74, 6) is 0. The molecule has 4 heteroatoms. The molecule has 0 aliphatic carbocycles. The molecule has 3 nitrogen and oxygen atoms in total. The lowest BCUT2D eigenvalue weighted by atomic mass is 9.75. The highest BCUT2D eigenvalue weighted by atomic mass is 16.5. The number of rotatable bonds is 4. The van der Waals surface area contributed by atoms with Crippen LogP contribution in [0.4, 0.5) is 0 Å². The van der Waals surface area contributed by atoms with Crippen LogP contribution in [0.2, 0.25) is 0 Å². The second kappa shape index (κ2) is 5.61. The van der Waals surface area contributed by atoms with E-state index in [1.165, 1.54) is 0 Å². The van der Waals surface area contributed by atoms with Crippen LogP contribution in [-0.4, -0.2) is 23.7 Å². The normalized spacial score (nSPS) is 10.2. The van der Waals surface area contributed by atoms with Crippen molar-refractivity contribution >= 4 is 12.6 Å². The molecule has 0 unspecified atom stereocenters. The number of hydrogen-bond acceptors (Lipinski definition) is 3. The van der Waals surface area contributed by atoms with Crippen LogP contribution in [0.3, 0.4) is 0 Å². The van der Waals surface area contributed by atoms with Crippen LogP contribution < -0.4 is 5.46 Å². The summed E-state index contributed by atoms with van der Waals surface area (Å²) >= 11 is 0. The Labute approximate surface area is 101 Å². The zero-order valence-corrected chi connectivity index (χ0v) is 9.71. The van der Waals surface area contributed by atoms with E-state index in [4.69, 9.17) is 4.65 Å². The molecule has 1 aromatic carbocycles. The van der Waals surface area contributed by atoms with Crippen molar-refractivity contribution in [1.29, 1.82) is 0 Å². The number of hydrogen-bond donors (Lipinski definition) is 1. The molecular weight excluding hydrogens is 213 g/mol. The fourth-order valence-electron chi connectivity index (χ4n) is 1.72. The van der Waals surface area contributed by atoms with Crippen LogP contribution in [0.5, 0.6) is 0 Å². The first kappa shape index (κ1) is 11.8. The Morgan fingerprint density at radius 2 is 1.94 bits per heavy atom. The van der Waals surface area contributed by atoms with Crippen LogP contribution in [0.1, 0.15) is 6.92 Å². The maximum Gasteiger partial charge on any atom is 0.491 e. The minimum absolute atomic E-state index is 0.470. The molecule has 86 valence electrons. The molecule has 1 heterocycles. The molecule has 1 N–H and O–H groups in total. The summed E-state index contributed by atoms with van der Waals surface area (Å²) in [4.78, 5) is 4.29. The van der Waals surface area contributed by atoms with Gasteiger partial charge in [0.25, 0.3) is 0 Å². The highest BCUT2D eigenvalue weighted by molar-refractivity contribution is 6.61. The molecule has 0 aliphatic heterocycles. The molecule has 0 fully saturated rings. The second-order valence-corrected chi connectivity index (χ2v) is 3.61. The monoisotopic (exact) mass is 227 g/mol. The molecule has 0 radical (unpaired) electrons. The van der Waals surface area contributed by atoms with Crippen molar-refractivity contribution in [3.63, 3.8) is 0 Å². The Bertz CT molecular complexity index is 476. The van der Waals surface area contributed by atoms with Gasteiger partial charge in [-0.15, -0.1) is 0 Å². The second-order valence-electron chi connectivity index (χ2n) is 3.61. The van der Waals surface area contributed by atoms with Crippen LogP contribution in [0.15, 0.2) is 48.7 Å². The van der Waals surface area contributed by atoms with Crippen molar-refractivity contribution in [3.8, 4) is 11.3 Å². The van der Waals surface area contributed by atoms with Crippen LogP contribution in [-0.2, 0) is 4.65 Å². The van der Waals surface area contributed by atoms with Crippen molar-refractivity contribution in [2.75, 3.05) is 6.61 Å². The highest BCUT2D eigenvalue weighted by Crippen LogP contribution is 2.14. The summed E-state index contributed by atoms with van der Waals surface area (Å²) in [6, 6.07) is 13.3. The average Bonchev–Trinajstić information content (AvgIpc) is 2.40. The van der Waals surface area contributed by atoms with Crippen molar-refractivity contribution in [3.05, 3.63) is 48.7 Å². The summed E-state index contributed by atoms with van der Waals surface area (Å²) in [6.07, 6.45) is 1.74. The van der Waals surface area contributed by atoms with E-state index < -0.39 is 7.12 Å². The smallest absolute Gasteiger partial charge is 0.423 e. The topological polar surface area (TPSA) is 42.4 Å². The lowest BCUT2D eigenvalue weighted by molar-refractivity contribution is 0.287. The Balaban J connectivity index is 2.41. The zero-order valence-electron chi connectivity index (χ0n) is 9.71. The Morgan fingerprint density at radius 3 is 2.65 bits per heavy atom. The van der Waals surface area contributed by atoms with Gasteiger partial charge in [-0.1, -0.05) is 30.3 Å². The van der Waals surface area contributed by atoms with Gasteiger partial charge in [0.2, 0.25) is 0 Å². The van der Waals surface area contributed by atoms with Crippen molar-refractivity contribution in [1.82, 2.24) is 4.98 Å². The third-order valence-electron chi connectivity index (χ3n) is 2.49. The molecule has 0 saturated heterocycles. The van der Waals surface area contributed by atoms with E-state index in [9.17, 15) is 5.02 Å². The first-order valence-corrected chi connectivity index (χ1v) is 5.63. The van der Waals surface area contributed by atoms with E-state index in [1.54, 1.807) is 6.20 Å². The predicted octanol–water partition coefficient (Wildman–Crippen LogP) is 1.47. The van der Waals surface area contributed by atoms with Crippen molar-refractivity contribution < 1.29 is 9.68 Å².